The zero-order valence-electron chi connectivity index (χ0n) is 16.5. The first-order valence-corrected chi connectivity index (χ1v) is 10.2. The quantitative estimate of drug-likeness (QED) is 0.389. The van der Waals surface area contributed by atoms with Crippen LogP contribution in [0, 0.1) is 5.92 Å². The third kappa shape index (κ3) is 6.40. The van der Waals surface area contributed by atoms with Crippen LogP contribution in [0.1, 0.15) is 41.6 Å². The maximum atomic E-state index is 12.5. The minimum Gasteiger partial charge on any atom is -0.380 e. The summed E-state index contributed by atoms with van der Waals surface area (Å²) in [4.78, 5) is 22.2. The third-order valence-corrected chi connectivity index (χ3v) is 5.21. The Morgan fingerprint density at radius 2 is 2.03 bits per heavy atom. The fourth-order valence-electron chi connectivity index (χ4n) is 3.32. The summed E-state index contributed by atoms with van der Waals surface area (Å²) < 4.78 is 0. The Hall–Kier alpha value is -2.71. The topological polar surface area (TPSA) is 87.3 Å². The molecule has 0 unspecified atom stereocenters. The Balaban J connectivity index is 1.56. The Morgan fingerprint density at radius 1 is 1.24 bits per heavy atom. The second-order valence-corrected chi connectivity index (χ2v) is 7.45. The Labute approximate surface area is 176 Å². The zero-order chi connectivity index (χ0) is 20.5. The fraction of sp³-hybridized carbons (Fsp3) is 0.381. The molecule has 3 rings (SSSR count). The van der Waals surface area contributed by atoms with Gasteiger partial charge in [-0.3, -0.25) is 9.63 Å². The van der Waals surface area contributed by atoms with Gasteiger partial charge in [-0.1, -0.05) is 25.0 Å². The molecule has 0 bridgehead atoms. The van der Waals surface area contributed by atoms with Gasteiger partial charge < -0.3 is 16.0 Å². The number of anilines is 2. The van der Waals surface area contributed by atoms with Crippen molar-refractivity contribution in [1.82, 2.24) is 15.8 Å². The summed E-state index contributed by atoms with van der Waals surface area (Å²) in [7, 11) is 1.75. The summed E-state index contributed by atoms with van der Waals surface area (Å²) in [6.07, 6.45) is 6.57. The number of aromatic nitrogens is 1. The van der Waals surface area contributed by atoms with Crippen LogP contribution in [0.4, 0.5) is 11.5 Å². The predicted octanol–water partition coefficient (Wildman–Crippen LogP) is 3.46. The molecule has 1 saturated carbocycles. The van der Waals surface area contributed by atoms with Crippen molar-refractivity contribution in [3.63, 3.8) is 0 Å². The molecular weight excluding hydrogens is 386 g/mol. The van der Waals surface area contributed by atoms with E-state index >= 15 is 0 Å². The number of pyridine rings is 1. The number of thiocarbonyl (C=S) groups is 1. The maximum Gasteiger partial charge on any atom is 0.276 e. The van der Waals surface area contributed by atoms with Crippen LogP contribution in [-0.2, 0) is 11.4 Å². The molecule has 1 amide bonds. The van der Waals surface area contributed by atoms with Crippen molar-refractivity contribution in [3.05, 3.63) is 53.7 Å². The highest BCUT2D eigenvalue weighted by Crippen LogP contribution is 2.24. The third-order valence-electron chi connectivity index (χ3n) is 4.91. The van der Waals surface area contributed by atoms with E-state index in [-0.39, 0.29) is 5.91 Å². The van der Waals surface area contributed by atoms with Crippen LogP contribution in [-0.4, -0.2) is 29.7 Å². The lowest BCUT2D eigenvalue weighted by molar-refractivity contribution is 0.0172. The number of amides is 1. The van der Waals surface area contributed by atoms with Gasteiger partial charge >= 0.3 is 0 Å². The number of nitrogens with zero attached hydrogens (tertiary/aromatic N) is 1. The second kappa shape index (κ2) is 10.7. The van der Waals surface area contributed by atoms with Crippen LogP contribution in [0.2, 0.25) is 0 Å². The van der Waals surface area contributed by atoms with Crippen molar-refractivity contribution in [2.24, 2.45) is 5.92 Å². The highest BCUT2D eigenvalue weighted by atomic mass is 32.1. The molecule has 1 aromatic carbocycles. The molecule has 154 valence electrons. The van der Waals surface area contributed by atoms with Gasteiger partial charge in [0.1, 0.15) is 5.82 Å². The summed E-state index contributed by atoms with van der Waals surface area (Å²) in [5, 5.41) is 9.68. The molecule has 8 heteroatoms. The standard InChI is InChI=1S/C21H27N5O2S/c1-22-21(29)25-19-12-16(10-11-23-19)13-24-18-9-5-4-8-17(18)20(27)26-28-14-15-6-2-3-7-15/h4-5,8-12,15,24H,2-3,6-7,13-14H2,1H3,(H,26,27)(H2,22,23,25,29). The van der Waals surface area contributed by atoms with E-state index in [1.807, 2.05) is 30.3 Å². The zero-order valence-corrected chi connectivity index (χ0v) is 17.3. The number of hydrogen-bond acceptors (Lipinski definition) is 5. The van der Waals surface area contributed by atoms with Crippen molar-refractivity contribution in [2.75, 3.05) is 24.3 Å². The van der Waals surface area contributed by atoms with E-state index in [2.05, 4.69) is 26.4 Å². The van der Waals surface area contributed by atoms with Crippen molar-refractivity contribution in [3.8, 4) is 0 Å². The summed E-state index contributed by atoms with van der Waals surface area (Å²) in [5.41, 5.74) is 4.88. The van der Waals surface area contributed by atoms with Gasteiger partial charge in [-0.15, -0.1) is 0 Å². The van der Waals surface area contributed by atoms with Crippen LogP contribution in [0.25, 0.3) is 0 Å². The molecular formula is C21H27N5O2S. The van der Waals surface area contributed by atoms with E-state index in [0.717, 1.165) is 11.3 Å². The lowest BCUT2D eigenvalue weighted by Gasteiger charge is -2.14. The number of hydrogen-bond donors (Lipinski definition) is 4. The first-order valence-electron chi connectivity index (χ1n) is 9.84. The van der Waals surface area contributed by atoms with E-state index in [9.17, 15) is 4.79 Å². The predicted molar refractivity (Wildman–Crippen MR) is 119 cm³/mol. The van der Waals surface area contributed by atoms with Gasteiger partial charge in [0.05, 0.1) is 12.2 Å². The molecule has 0 aliphatic heterocycles. The van der Waals surface area contributed by atoms with E-state index in [1.165, 1.54) is 25.7 Å². The lowest BCUT2D eigenvalue weighted by atomic mass is 10.1. The second-order valence-electron chi connectivity index (χ2n) is 7.05. The lowest BCUT2D eigenvalue weighted by Crippen LogP contribution is -2.27. The number of carbonyl (C=O) groups is 1. The number of carbonyl (C=O) groups excluding carboxylic acids is 1. The van der Waals surface area contributed by atoms with Crippen molar-refractivity contribution >= 4 is 34.7 Å². The average Bonchev–Trinajstić information content (AvgIpc) is 3.26. The van der Waals surface area contributed by atoms with Gasteiger partial charge in [0.15, 0.2) is 5.11 Å². The molecule has 1 aromatic heterocycles. The number of rotatable bonds is 8. The van der Waals surface area contributed by atoms with Gasteiger partial charge in [-0.25, -0.2) is 10.5 Å². The van der Waals surface area contributed by atoms with Crippen molar-refractivity contribution < 1.29 is 9.63 Å². The molecule has 1 fully saturated rings. The van der Waals surface area contributed by atoms with Gasteiger partial charge in [0, 0.05) is 25.5 Å². The van der Waals surface area contributed by atoms with Gasteiger partial charge in [0.25, 0.3) is 5.91 Å². The Kier molecular flexibility index (Phi) is 7.77. The van der Waals surface area contributed by atoms with E-state index in [4.69, 9.17) is 17.1 Å². The number of benzene rings is 1. The first-order chi connectivity index (χ1) is 14.2. The van der Waals surface area contributed by atoms with Crippen molar-refractivity contribution in [2.45, 2.75) is 32.2 Å². The van der Waals surface area contributed by atoms with Crippen LogP contribution in [0.3, 0.4) is 0 Å². The van der Waals surface area contributed by atoms with E-state index < -0.39 is 0 Å². The van der Waals surface area contributed by atoms with Gasteiger partial charge in [-0.2, -0.15) is 0 Å². The van der Waals surface area contributed by atoms with E-state index in [0.29, 0.717) is 35.6 Å². The highest BCUT2D eigenvalue weighted by molar-refractivity contribution is 7.80. The minimum absolute atomic E-state index is 0.248. The molecule has 0 saturated heterocycles. The largest absolute Gasteiger partial charge is 0.380 e. The van der Waals surface area contributed by atoms with Crippen LogP contribution in [0.5, 0.6) is 0 Å². The molecule has 2 aromatic rings. The number of nitrogens with one attached hydrogen (secondary N) is 4. The number of hydroxylamine groups is 1. The summed E-state index contributed by atoms with van der Waals surface area (Å²) in [5.74, 6) is 0.964. The van der Waals surface area contributed by atoms with Gasteiger partial charge in [0.2, 0.25) is 0 Å². The summed E-state index contributed by atoms with van der Waals surface area (Å²) in [6.45, 7) is 1.11. The smallest absolute Gasteiger partial charge is 0.276 e. The summed E-state index contributed by atoms with van der Waals surface area (Å²) >= 11 is 5.10. The molecule has 1 heterocycles. The maximum absolute atomic E-state index is 12.5. The molecule has 4 N–H and O–H groups in total. The molecule has 1 aliphatic rings. The molecule has 1 aliphatic carbocycles. The number of para-hydroxylation sites is 1. The Morgan fingerprint density at radius 3 is 2.83 bits per heavy atom. The highest BCUT2D eigenvalue weighted by Gasteiger charge is 2.16. The first kappa shape index (κ1) is 21.0. The molecule has 0 radical (unpaired) electrons. The molecule has 0 atom stereocenters. The minimum atomic E-state index is -0.248. The molecule has 0 spiro atoms. The SMILES string of the molecule is CNC(=S)Nc1cc(CNc2ccccc2C(=O)NOCC2CCCC2)ccn1. The Bertz CT molecular complexity index is 839. The van der Waals surface area contributed by atoms with Crippen molar-refractivity contribution in [1.29, 1.82) is 0 Å². The fourth-order valence-corrected chi connectivity index (χ4v) is 3.43. The van der Waals surface area contributed by atoms with Crippen LogP contribution >= 0.6 is 12.2 Å². The molecule has 7 nitrogen and oxygen atoms in total. The van der Waals surface area contributed by atoms with Crippen LogP contribution in [0.15, 0.2) is 42.6 Å². The normalized spacial score (nSPS) is 13.7. The summed E-state index contributed by atoms with van der Waals surface area (Å²) in [6, 6.07) is 11.2. The van der Waals surface area contributed by atoms with Gasteiger partial charge in [-0.05, 0) is 60.8 Å². The van der Waals surface area contributed by atoms with E-state index in [1.54, 1.807) is 19.3 Å². The molecule has 29 heavy (non-hydrogen) atoms. The average molecular weight is 414 g/mol. The van der Waals surface area contributed by atoms with Crippen LogP contribution < -0.4 is 21.4 Å². The monoisotopic (exact) mass is 413 g/mol.